The van der Waals surface area contributed by atoms with E-state index in [9.17, 15) is 20.2 Å². The number of non-ortho nitro benzene ring substituents is 1. The molecule has 0 atom stereocenters. The molecule has 0 spiro atoms. The molecule has 2 aromatic carbocycles. The molecule has 2 aromatic rings. The lowest BCUT2D eigenvalue weighted by Gasteiger charge is -2.09. The van der Waals surface area contributed by atoms with E-state index in [4.69, 9.17) is 16.3 Å². The SMILES string of the molecule is COc1cc([N+](=O)[O-])ccc1N/C=C(/C#N)C(=O)Nc1ccccc1Cl. The number of carbonyl (C=O) groups is 1. The van der Waals surface area contributed by atoms with E-state index in [1.54, 1.807) is 30.3 Å². The summed E-state index contributed by atoms with van der Waals surface area (Å²) in [4.78, 5) is 22.4. The van der Waals surface area contributed by atoms with Crippen LogP contribution in [0.3, 0.4) is 0 Å². The van der Waals surface area contributed by atoms with Gasteiger partial charge < -0.3 is 15.4 Å². The lowest BCUT2D eigenvalue weighted by Crippen LogP contribution is -2.14. The zero-order chi connectivity index (χ0) is 19.1. The van der Waals surface area contributed by atoms with E-state index in [-0.39, 0.29) is 17.0 Å². The zero-order valence-electron chi connectivity index (χ0n) is 13.5. The molecule has 0 aromatic heterocycles. The highest BCUT2D eigenvalue weighted by molar-refractivity contribution is 6.33. The number of rotatable bonds is 6. The molecule has 0 saturated carbocycles. The molecule has 8 nitrogen and oxygen atoms in total. The number of nitriles is 1. The van der Waals surface area contributed by atoms with Crippen molar-refractivity contribution in [2.45, 2.75) is 0 Å². The third-order valence-corrected chi connectivity index (χ3v) is 3.58. The van der Waals surface area contributed by atoms with Crippen molar-refractivity contribution in [3.8, 4) is 11.8 Å². The van der Waals surface area contributed by atoms with E-state index in [1.807, 2.05) is 0 Å². The third kappa shape index (κ3) is 4.49. The number of nitrogens with one attached hydrogen (secondary N) is 2. The van der Waals surface area contributed by atoms with Crippen LogP contribution in [0.15, 0.2) is 54.2 Å². The standard InChI is InChI=1S/C17H13ClN4O4/c1-26-16-8-12(22(24)25)6-7-15(16)20-10-11(9-19)17(23)21-14-5-3-2-4-13(14)18/h2-8,10,20H,1H3,(H,21,23)/b11-10-. The van der Waals surface area contributed by atoms with Crippen LogP contribution in [0.5, 0.6) is 5.75 Å². The molecule has 26 heavy (non-hydrogen) atoms. The summed E-state index contributed by atoms with van der Waals surface area (Å²) in [5, 5.41) is 25.6. The van der Waals surface area contributed by atoms with Crippen molar-refractivity contribution in [3.63, 3.8) is 0 Å². The highest BCUT2D eigenvalue weighted by Gasteiger charge is 2.13. The van der Waals surface area contributed by atoms with Crippen LogP contribution in [-0.4, -0.2) is 17.9 Å². The monoisotopic (exact) mass is 372 g/mol. The van der Waals surface area contributed by atoms with Crippen molar-refractivity contribution in [2.24, 2.45) is 0 Å². The fourth-order valence-corrected chi connectivity index (χ4v) is 2.15. The summed E-state index contributed by atoms with van der Waals surface area (Å²) in [7, 11) is 1.35. The van der Waals surface area contributed by atoms with Gasteiger partial charge in [-0.25, -0.2) is 0 Å². The van der Waals surface area contributed by atoms with Crippen molar-refractivity contribution < 1.29 is 14.5 Å². The molecule has 2 rings (SSSR count). The van der Waals surface area contributed by atoms with Gasteiger partial charge in [-0.3, -0.25) is 14.9 Å². The molecule has 0 bridgehead atoms. The van der Waals surface area contributed by atoms with Crippen LogP contribution in [0.2, 0.25) is 5.02 Å². The molecule has 2 N–H and O–H groups in total. The Morgan fingerprint density at radius 1 is 1.31 bits per heavy atom. The molecular weight excluding hydrogens is 360 g/mol. The number of nitro groups is 1. The minimum absolute atomic E-state index is 0.145. The van der Waals surface area contributed by atoms with Gasteiger partial charge in [0.25, 0.3) is 11.6 Å². The van der Waals surface area contributed by atoms with Gasteiger partial charge in [-0.2, -0.15) is 5.26 Å². The number of halogens is 1. The molecule has 0 heterocycles. The van der Waals surface area contributed by atoms with Crippen molar-refractivity contribution >= 4 is 34.6 Å². The van der Waals surface area contributed by atoms with E-state index in [0.717, 1.165) is 0 Å². The van der Waals surface area contributed by atoms with Gasteiger partial charge in [0, 0.05) is 12.3 Å². The van der Waals surface area contributed by atoms with Crippen LogP contribution < -0.4 is 15.4 Å². The van der Waals surface area contributed by atoms with Crippen molar-refractivity contribution in [2.75, 3.05) is 17.7 Å². The molecular formula is C17H13ClN4O4. The minimum Gasteiger partial charge on any atom is -0.494 e. The number of benzene rings is 2. The molecule has 0 aliphatic heterocycles. The van der Waals surface area contributed by atoms with Crippen LogP contribution in [-0.2, 0) is 4.79 Å². The number of amides is 1. The second-order valence-corrected chi connectivity index (χ2v) is 5.30. The van der Waals surface area contributed by atoms with Gasteiger partial charge in [0.15, 0.2) is 0 Å². The van der Waals surface area contributed by atoms with Crippen LogP contribution in [0.1, 0.15) is 0 Å². The minimum atomic E-state index is -0.658. The van der Waals surface area contributed by atoms with Gasteiger partial charge in [0.1, 0.15) is 17.4 Å². The Hall–Kier alpha value is -3.57. The number of ether oxygens (including phenoxy) is 1. The summed E-state index contributed by atoms with van der Waals surface area (Å²) in [5.41, 5.74) is 0.364. The molecule has 0 unspecified atom stereocenters. The first-order valence-electron chi connectivity index (χ1n) is 7.21. The second kappa shape index (κ2) is 8.50. The van der Waals surface area contributed by atoms with E-state index in [0.29, 0.717) is 16.4 Å². The molecule has 132 valence electrons. The van der Waals surface area contributed by atoms with Gasteiger partial charge in [0.05, 0.1) is 34.5 Å². The van der Waals surface area contributed by atoms with Gasteiger partial charge in [-0.15, -0.1) is 0 Å². The number of carbonyl (C=O) groups excluding carboxylic acids is 1. The van der Waals surface area contributed by atoms with Crippen molar-refractivity contribution in [1.29, 1.82) is 5.26 Å². The van der Waals surface area contributed by atoms with Gasteiger partial charge in [0.2, 0.25) is 0 Å². The van der Waals surface area contributed by atoms with E-state index < -0.39 is 10.8 Å². The average Bonchev–Trinajstić information content (AvgIpc) is 2.64. The first kappa shape index (κ1) is 18.8. The summed E-state index contributed by atoms with van der Waals surface area (Å²) in [6.07, 6.45) is 1.18. The normalized spacial score (nSPS) is 10.6. The Morgan fingerprint density at radius 2 is 2.04 bits per heavy atom. The maximum atomic E-state index is 12.2. The number of hydrogen-bond donors (Lipinski definition) is 2. The number of nitro benzene ring substituents is 1. The lowest BCUT2D eigenvalue weighted by molar-refractivity contribution is -0.384. The summed E-state index contributed by atoms with van der Waals surface area (Å²) >= 11 is 5.96. The number of para-hydroxylation sites is 1. The molecule has 0 aliphatic rings. The lowest BCUT2D eigenvalue weighted by atomic mass is 10.2. The van der Waals surface area contributed by atoms with Crippen LogP contribution in [0.25, 0.3) is 0 Å². The van der Waals surface area contributed by atoms with Crippen LogP contribution in [0.4, 0.5) is 17.1 Å². The predicted molar refractivity (Wildman–Crippen MR) is 97.0 cm³/mol. The fourth-order valence-electron chi connectivity index (χ4n) is 1.96. The first-order valence-corrected chi connectivity index (χ1v) is 7.59. The average molecular weight is 373 g/mol. The van der Waals surface area contributed by atoms with E-state index in [2.05, 4.69) is 10.6 Å². The Morgan fingerprint density at radius 3 is 2.65 bits per heavy atom. The summed E-state index contributed by atoms with van der Waals surface area (Å²) in [6, 6.07) is 12.3. The maximum Gasteiger partial charge on any atom is 0.273 e. The number of methoxy groups -OCH3 is 1. The second-order valence-electron chi connectivity index (χ2n) is 4.89. The smallest absolute Gasteiger partial charge is 0.273 e. The Bertz CT molecular complexity index is 921. The topological polar surface area (TPSA) is 117 Å². The predicted octanol–water partition coefficient (Wildman–Crippen LogP) is 3.71. The van der Waals surface area contributed by atoms with E-state index in [1.165, 1.54) is 31.5 Å². The van der Waals surface area contributed by atoms with Gasteiger partial charge in [-0.05, 0) is 18.2 Å². The van der Waals surface area contributed by atoms with Gasteiger partial charge in [-0.1, -0.05) is 23.7 Å². The van der Waals surface area contributed by atoms with Crippen LogP contribution in [0, 0.1) is 21.4 Å². The Kier molecular flexibility index (Phi) is 6.14. The Labute approximate surface area is 153 Å². The third-order valence-electron chi connectivity index (χ3n) is 3.26. The van der Waals surface area contributed by atoms with E-state index >= 15 is 0 Å². The highest BCUT2D eigenvalue weighted by Crippen LogP contribution is 2.29. The molecule has 9 heteroatoms. The molecule has 0 radical (unpaired) electrons. The molecule has 0 fully saturated rings. The largest absolute Gasteiger partial charge is 0.494 e. The summed E-state index contributed by atoms with van der Waals surface area (Å²) < 4.78 is 5.08. The maximum absolute atomic E-state index is 12.2. The zero-order valence-corrected chi connectivity index (χ0v) is 14.3. The van der Waals surface area contributed by atoms with Gasteiger partial charge >= 0.3 is 0 Å². The number of hydrogen-bond acceptors (Lipinski definition) is 6. The highest BCUT2D eigenvalue weighted by atomic mass is 35.5. The first-order chi connectivity index (χ1) is 12.5. The molecule has 0 saturated heterocycles. The number of nitrogens with zero attached hydrogens (tertiary/aromatic N) is 2. The quantitative estimate of drug-likeness (QED) is 0.345. The molecule has 1 amide bonds. The summed E-state index contributed by atoms with van der Waals surface area (Å²) in [6.45, 7) is 0. The Balaban J connectivity index is 2.19. The van der Waals surface area contributed by atoms with Crippen molar-refractivity contribution in [1.82, 2.24) is 0 Å². The van der Waals surface area contributed by atoms with Crippen molar-refractivity contribution in [3.05, 3.63) is 69.4 Å². The molecule has 0 aliphatic carbocycles. The summed E-state index contributed by atoms with van der Waals surface area (Å²) in [5.74, 6) is -0.465. The van der Waals surface area contributed by atoms with Crippen LogP contribution >= 0.6 is 11.6 Å². The fraction of sp³-hybridized carbons (Fsp3) is 0.0588. The number of anilines is 2.